The van der Waals surface area contributed by atoms with Crippen molar-refractivity contribution in [1.29, 1.82) is 0 Å². The van der Waals surface area contributed by atoms with Gasteiger partial charge in [-0.05, 0) is 60.7 Å². The molecule has 1 heterocycles. The monoisotopic (exact) mass is 273 g/mol. The fraction of sp³-hybridized carbons (Fsp3) is 0.412. The normalized spacial score (nSPS) is 20.1. The molecule has 3 heteroatoms. The third-order valence-electron chi connectivity index (χ3n) is 4.20. The molecule has 0 saturated heterocycles. The van der Waals surface area contributed by atoms with E-state index in [0.717, 1.165) is 36.1 Å². The van der Waals surface area contributed by atoms with Crippen LogP contribution in [0.1, 0.15) is 26.0 Å². The summed E-state index contributed by atoms with van der Waals surface area (Å²) in [7, 11) is 0. The molecule has 1 N–H and O–H groups in total. The van der Waals surface area contributed by atoms with Crippen LogP contribution >= 0.6 is 0 Å². The number of benzene rings is 1. The van der Waals surface area contributed by atoms with Gasteiger partial charge in [0.15, 0.2) is 0 Å². The van der Waals surface area contributed by atoms with Crippen LogP contribution < -0.4 is 5.32 Å². The Morgan fingerprint density at radius 3 is 2.55 bits per heavy atom. The average molecular weight is 273 g/mol. The van der Waals surface area contributed by atoms with E-state index < -0.39 is 0 Å². The Kier molecular flexibility index (Phi) is 3.38. The number of hydrogen-bond donors (Lipinski definition) is 1. The first kappa shape index (κ1) is 13.4. The summed E-state index contributed by atoms with van der Waals surface area (Å²) < 4.78 is 18.7. The molecule has 1 unspecified atom stereocenters. The third kappa shape index (κ3) is 2.93. The zero-order chi connectivity index (χ0) is 14.2. The largest absolute Gasteiger partial charge is 0.460 e. The molecular weight excluding hydrogens is 253 g/mol. The predicted octanol–water partition coefficient (Wildman–Crippen LogP) is 4.22. The number of hydrogen-bond acceptors (Lipinski definition) is 2. The molecule has 1 fully saturated rings. The van der Waals surface area contributed by atoms with Gasteiger partial charge in [0.25, 0.3) is 0 Å². The van der Waals surface area contributed by atoms with Crippen molar-refractivity contribution in [1.82, 2.24) is 5.32 Å². The van der Waals surface area contributed by atoms with Gasteiger partial charge in [0.05, 0.1) is 6.54 Å². The molecule has 106 valence electrons. The molecule has 0 bridgehead atoms. The van der Waals surface area contributed by atoms with Gasteiger partial charge in [0.2, 0.25) is 0 Å². The highest BCUT2D eigenvalue weighted by molar-refractivity contribution is 5.57. The molecule has 0 aliphatic heterocycles. The summed E-state index contributed by atoms with van der Waals surface area (Å²) in [5, 5.41) is 3.44. The highest BCUT2D eigenvalue weighted by atomic mass is 19.1. The van der Waals surface area contributed by atoms with Crippen LogP contribution in [0.5, 0.6) is 0 Å². The third-order valence-corrected chi connectivity index (χ3v) is 4.20. The Balaban J connectivity index is 1.55. The quantitative estimate of drug-likeness (QED) is 0.882. The van der Waals surface area contributed by atoms with E-state index >= 15 is 0 Å². The van der Waals surface area contributed by atoms with Gasteiger partial charge in [0.1, 0.15) is 17.3 Å². The predicted molar refractivity (Wildman–Crippen MR) is 77.7 cm³/mol. The minimum atomic E-state index is -0.228. The lowest BCUT2D eigenvalue weighted by atomic mass is 10.1. The molecule has 2 nitrogen and oxygen atoms in total. The van der Waals surface area contributed by atoms with E-state index in [1.165, 1.54) is 18.6 Å². The van der Waals surface area contributed by atoms with Gasteiger partial charge in [-0.15, -0.1) is 0 Å². The van der Waals surface area contributed by atoms with Crippen LogP contribution in [0, 0.1) is 17.2 Å². The number of rotatable bonds is 5. The summed E-state index contributed by atoms with van der Waals surface area (Å²) in [6.45, 7) is 6.39. The Morgan fingerprint density at radius 2 is 1.90 bits per heavy atom. The summed E-state index contributed by atoms with van der Waals surface area (Å²) >= 11 is 0. The summed E-state index contributed by atoms with van der Waals surface area (Å²) in [5.74, 6) is 2.26. The summed E-state index contributed by atoms with van der Waals surface area (Å²) in [4.78, 5) is 0. The van der Waals surface area contributed by atoms with Gasteiger partial charge in [0, 0.05) is 5.56 Å². The maximum Gasteiger partial charge on any atom is 0.134 e. The van der Waals surface area contributed by atoms with Crippen LogP contribution in [0.25, 0.3) is 11.3 Å². The fourth-order valence-electron chi connectivity index (χ4n) is 2.54. The lowest BCUT2D eigenvalue weighted by molar-refractivity contribution is 0.468. The molecule has 1 saturated carbocycles. The number of halogens is 1. The first-order valence-corrected chi connectivity index (χ1v) is 7.10. The van der Waals surface area contributed by atoms with Crippen molar-refractivity contribution in [3.8, 4) is 11.3 Å². The minimum Gasteiger partial charge on any atom is -0.460 e. The van der Waals surface area contributed by atoms with Gasteiger partial charge >= 0.3 is 0 Å². The smallest absolute Gasteiger partial charge is 0.134 e. The first-order valence-electron chi connectivity index (χ1n) is 7.10. The van der Waals surface area contributed by atoms with Crippen molar-refractivity contribution in [3.05, 3.63) is 48.0 Å². The minimum absolute atomic E-state index is 0.228. The van der Waals surface area contributed by atoms with Gasteiger partial charge in [-0.25, -0.2) is 4.39 Å². The Morgan fingerprint density at radius 1 is 1.20 bits per heavy atom. The molecule has 0 amide bonds. The van der Waals surface area contributed by atoms with E-state index in [1.807, 2.05) is 12.1 Å². The molecule has 0 radical (unpaired) electrons. The van der Waals surface area contributed by atoms with Crippen molar-refractivity contribution >= 4 is 0 Å². The Hall–Kier alpha value is -1.61. The van der Waals surface area contributed by atoms with E-state index in [0.29, 0.717) is 5.41 Å². The van der Waals surface area contributed by atoms with Gasteiger partial charge < -0.3 is 9.73 Å². The topological polar surface area (TPSA) is 25.2 Å². The highest BCUT2D eigenvalue weighted by Gasteiger charge is 2.44. The Bertz CT molecular complexity index is 585. The zero-order valence-electron chi connectivity index (χ0n) is 11.9. The standard InChI is InChI=1S/C17H20FNO/c1-17(2)9-13(17)10-19-11-15-7-8-16(20-15)12-3-5-14(18)6-4-12/h3-8,13,19H,9-11H2,1-2H3. The average Bonchev–Trinajstić information content (AvgIpc) is 2.83. The van der Waals surface area contributed by atoms with E-state index in [2.05, 4.69) is 19.2 Å². The zero-order valence-corrected chi connectivity index (χ0v) is 11.9. The van der Waals surface area contributed by atoms with E-state index in [4.69, 9.17) is 4.42 Å². The first-order chi connectivity index (χ1) is 9.54. The molecule has 1 aromatic carbocycles. The molecule has 1 aliphatic rings. The van der Waals surface area contributed by atoms with Crippen LogP contribution in [0.2, 0.25) is 0 Å². The lowest BCUT2D eigenvalue weighted by Crippen LogP contribution is -2.17. The number of nitrogens with one attached hydrogen (secondary N) is 1. The van der Waals surface area contributed by atoms with Crippen molar-refractivity contribution < 1.29 is 8.81 Å². The van der Waals surface area contributed by atoms with Gasteiger partial charge in [-0.3, -0.25) is 0 Å². The van der Waals surface area contributed by atoms with Gasteiger partial charge in [-0.2, -0.15) is 0 Å². The molecule has 1 aromatic heterocycles. The Labute approximate surface area is 119 Å². The van der Waals surface area contributed by atoms with E-state index in [-0.39, 0.29) is 5.82 Å². The van der Waals surface area contributed by atoms with Crippen LogP contribution in [0.3, 0.4) is 0 Å². The second-order valence-corrected chi connectivity index (χ2v) is 6.29. The second-order valence-electron chi connectivity index (χ2n) is 6.29. The molecular formula is C17H20FNO. The van der Waals surface area contributed by atoms with Crippen LogP contribution in [-0.4, -0.2) is 6.54 Å². The highest BCUT2D eigenvalue weighted by Crippen LogP contribution is 2.50. The molecule has 1 aliphatic carbocycles. The lowest BCUT2D eigenvalue weighted by Gasteiger charge is -2.04. The van der Waals surface area contributed by atoms with Crippen molar-refractivity contribution in [2.45, 2.75) is 26.8 Å². The number of furan rings is 1. The van der Waals surface area contributed by atoms with E-state index in [1.54, 1.807) is 12.1 Å². The van der Waals surface area contributed by atoms with Crippen LogP contribution in [0.4, 0.5) is 4.39 Å². The summed E-state index contributed by atoms with van der Waals surface area (Å²) in [6.07, 6.45) is 1.30. The van der Waals surface area contributed by atoms with E-state index in [9.17, 15) is 4.39 Å². The molecule has 1 atom stereocenters. The second kappa shape index (κ2) is 5.06. The molecule has 0 spiro atoms. The molecule has 3 rings (SSSR count). The SMILES string of the molecule is CC1(C)CC1CNCc1ccc(-c2ccc(F)cc2)o1. The maximum atomic E-state index is 12.9. The van der Waals surface area contributed by atoms with Crippen molar-refractivity contribution in [2.24, 2.45) is 11.3 Å². The van der Waals surface area contributed by atoms with Gasteiger partial charge in [-0.1, -0.05) is 13.8 Å². The molecule has 2 aromatic rings. The summed E-state index contributed by atoms with van der Waals surface area (Å²) in [5.41, 5.74) is 1.41. The fourth-order valence-corrected chi connectivity index (χ4v) is 2.54. The van der Waals surface area contributed by atoms with Crippen LogP contribution in [0.15, 0.2) is 40.8 Å². The van der Waals surface area contributed by atoms with Crippen molar-refractivity contribution in [3.63, 3.8) is 0 Å². The summed E-state index contributed by atoms with van der Waals surface area (Å²) in [6, 6.07) is 10.3. The van der Waals surface area contributed by atoms with Crippen LogP contribution in [-0.2, 0) is 6.54 Å². The van der Waals surface area contributed by atoms with Crippen molar-refractivity contribution in [2.75, 3.05) is 6.54 Å². The maximum absolute atomic E-state index is 12.9. The molecule has 20 heavy (non-hydrogen) atoms.